The zero-order valence-electron chi connectivity index (χ0n) is 12.4. The molecule has 3 unspecified atom stereocenters. The number of terminal acetylenes is 1. The molecule has 4 rings (SSSR count). The Labute approximate surface area is 126 Å². The van der Waals surface area contributed by atoms with E-state index in [0.717, 1.165) is 52.0 Å². The van der Waals surface area contributed by atoms with Crippen LogP contribution < -0.4 is 5.32 Å². The van der Waals surface area contributed by atoms with Crippen LogP contribution in [0.15, 0.2) is 10.2 Å². The molecule has 0 spiro atoms. The van der Waals surface area contributed by atoms with Crippen LogP contribution >= 0.6 is 0 Å². The quantitative estimate of drug-likeness (QED) is 0.723. The molecule has 0 aliphatic carbocycles. The molecule has 4 aliphatic rings. The number of rotatable bonds is 6. The van der Waals surface area contributed by atoms with E-state index in [0.29, 0.717) is 13.0 Å². The number of amides is 1. The average molecular weight is 289 g/mol. The van der Waals surface area contributed by atoms with E-state index in [1.807, 2.05) is 0 Å². The van der Waals surface area contributed by atoms with Crippen LogP contribution in [0.2, 0.25) is 0 Å². The van der Waals surface area contributed by atoms with Crippen LogP contribution in [-0.4, -0.2) is 66.7 Å². The first-order valence-corrected chi connectivity index (χ1v) is 7.84. The number of fused-ring (bicyclic) bond motifs is 4. The summed E-state index contributed by atoms with van der Waals surface area (Å²) < 4.78 is 0. The minimum atomic E-state index is -0.300. The SMILES string of the molecule is C#CCCC1(CCNC(=O)C2CN3CCCN2CC3)N=N1. The van der Waals surface area contributed by atoms with Gasteiger partial charge in [0.1, 0.15) is 6.04 Å². The standard InChI is InChI=1S/C15H23N5O/c1-2-3-5-15(17-18-15)6-7-16-14(21)13-12-19-8-4-9-20(13)11-10-19/h1,13H,3-12H2,(H,16,21). The molecule has 0 aromatic rings. The zero-order valence-corrected chi connectivity index (χ0v) is 12.4. The van der Waals surface area contributed by atoms with E-state index >= 15 is 0 Å². The molecule has 0 radical (unpaired) electrons. The third-order valence-electron chi connectivity index (χ3n) is 4.67. The molecule has 6 heteroatoms. The molecule has 3 fully saturated rings. The maximum Gasteiger partial charge on any atom is 0.238 e. The zero-order chi connectivity index (χ0) is 14.7. The van der Waals surface area contributed by atoms with Crippen LogP contribution in [-0.2, 0) is 4.79 Å². The summed E-state index contributed by atoms with van der Waals surface area (Å²) in [7, 11) is 0. The van der Waals surface area contributed by atoms with Gasteiger partial charge < -0.3 is 5.32 Å². The van der Waals surface area contributed by atoms with Gasteiger partial charge in [-0.3, -0.25) is 14.6 Å². The summed E-state index contributed by atoms with van der Waals surface area (Å²) >= 11 is 0. The summed E-state index contributed by atoms with van der Waals surface area (Å²) in [6, 6.07) is 0.0102. The fourth-order valence-corrected chi connectivity index (χ4v) is 3.27. The number of carbonyl (C=O) groups is 1. The highest BCUT2D eigenvalue weighted by molar-refractivity contribution is 5.82. The first-order chi connectivity index (χ1) is 10.2. The monoisotopic (exact) mass is 289 g/mol. The first kappa shape index (κ1) is 14.5. The molecule has 4 aliphatic heterocycles. The molecule has 114 valence electrons. The van der Waals surface area contributed by atoms with Gasteiger partial charge in [0.25, 0.3) is 0 Å². The molecule has 0 aromatic carbocycles. The molecule has 2 bridgehead atoms. The Morgan fingerprint density at radius 1 is 1.29 bits per heavy atom. The molecule has 21 heavy (non-hydrogen) atoms. The summed E-state index contributed by atoms with van der Waals surface area (Å²) in [6.07, 6.45) is 8.68. The van der Waals surface area contributed by atoms with E-state index in [1.165, 1.54) is 0 Å². The highest BCUT2D eigenvalue weighted by Crippen LogP contribution is 2.36. The van der Waals surface area contributed by atoms with Gasteiger partial charge in [-0.1, -0.05) is 0 Å². The van der Waals surface area contributed by atoms with E-state index in [1.54, 1.807) is 0 Å². The van der Waals surface area contributed by atoms with Gasteiger partial charge in [-0.2, -0.15) is 10.2 Å². The summed E-state index contributed by atoms with van der Waals surface area (Å²) in [5.41, 5.74) is -0.300. The molecular formula is C15H23N5O. The molecule has 1 N–H and O–H groups in total. The van der Waals surface area contributed by atoms with Gasteiger partial charge >= 0.3 is 0 Å². The predicted molar refractivity (Wildman–Crippen MR) is 79.7 cm³/mol. The van der Waals surface area contributed by atoms with Crippen LogP contribution in [0.4, 0.5) is 0 Å². The molecule has 4 heterocycles. The van der Waals surface area contributed by atoms with Crippen LogP contribution in [0.1, 0.15) is 25.7 Å². The lowest BCUT2D eigenvalue weighted by Gasteiger charge is -2.36. The Bertz CT molecular complexity index is 459. The second kappa shape index (κ2) is 6.12. The summed E-state index contributed by atoms with van der Waals surface area (Å²) in [5.74, 6) is 2.77. The lowest BCUT2D eigenvalue weighted by atomic mass is 10.0. The minimum Gasteiger partial charge on any atom is -0.355 e. The number of nitrogens with zero attached hydrogens (tertiary/aromatic N) is 4. The molecule has 3 saturated heterocycles. The topological polar surface area (TPSA) is 60.3 Å². The van der Waals surface area contributed by atoms with E-state index in [9.17, 15) is 4.79 Å². The lowest BCUT2D eigenvalue weighted by Crippen LogP contribution is -2.56. The van der Waals surface area contributed by atoms with Crippen molar-refractivity contribution in [1.82, 2.24) is 15.1 Å². The number of hydrogen-bond acceptors (Lipinski definition) is 5. The number of piperazine rings is 1. The number of carbonyl (C=O) groups excluding carboxylic acids is 1. The first-order valence-electron chi connectivity index (χ1n) is 7.84. The molecule has 3 atom stereocenters. The second-order valence-electron chi connectivity index (χ2n) is 6.13. The van der Waals surface area contributed by atoms with Crippen LogP contribution in [0.25, 0.3) is 0 Å². The largest absolute Gasteiger partial charge is 0.355 e. The van der Waals surface area contributed by atoms with Crippen molar-refractivity contribution in [2.24, 2.45) is 10.2 Å². The Hall–Kier alpha value is -1.45. The maximum atomic E-state index is 12.4. The summed E-state index contributed by atoms with van der Waals surface area (Å²) in [4.78, 5) is 17.1. The molecule has 0 aromatic heterocycles. The Kier molecular flexibility index (Phi) is 4.22. The van der Waals surface area contributed by atoms with Gasteiger partial charge in [0.15, 0.2) is 5.66 Å². The van der Waals surface area contributed by atoms with Crippen molar-refractivity contribution in [2.45, 2.75) is 37.4 Å². The summed E-state index contributed by atoms with van der Waals surface area (Å²) in [5, 5.41) is 11.2. The molecule has 6 nitrogen and oxygen atoms in total. The van der Waals surface area contributed by atoms with Crippen molar-refractivity contribution >= 4 is 5.91 Å². The van der Waals surface area contributed by atoms with Gasteiger partial charge in [0, 0.05) is 52.0 Å². The van der Waals surface area contributed by atoms with E-state index in [2.05, 4.69) is 31.3 Å². The fourth-order valence-electron chi connectivity index (χ4n) is 3.27. The molecular weight excluding hydrogens is 266 g/mol. The highest BCUT2D eigenvalue weighted by Gasteiger charge is 2.39. The van der Waals surface area contributed by atoms with E-state index < -0.39 is 0 Å². The Balaban J connectivity index is 1.43. The minimum absolute atomic E-state index is 0.0102. The van der Waals surface area contributed by atoms with Crippen molar-refractivity contribution in [3.63, 3.8) is 0 Å². The van der Waals surface area contributed by atoms with E-state index in [-0.39, 0.29) is 17.6 Å². The average Bonchev–Trinajstić information content (AvgIpc) is 3.30. The third kappa shape index (κ3) is 3.42. The Morgan fingerprint density at radius 3 is 2.90 bits per heavy atom. The second-order valence-corrected chi connectivity index (χ2v) is 6.13. The van der Waals surface area contributed by atoms with Crippen molar-refractivity contribution in [3.8, 4) is 12.3 Å². The van der Waals surface area contributed by atoms with Gasteiger partial charge in [0.05, 0.1) is 0 Å². The molecule has 1 amide bonds. The van der Waals surface area contributed by atoms with Gasteiger partial charge in [-0.15, -0.1) is 12.3 Å². The van der Waals surface area contributed by atoms with Gasteiger partial charge in [0.2, 0.25) is 5.91 Å². The maximum absolute atomic E-state index is 12.4. The smallest absolute Gasteiger partial charge is 0.238 e. The van der Waals surface area contributed by atoms with Crippen LogP contribution in [0.3, 0.4) is 0 Å². The number of hydrogen-bond donors (Lipinski definition) is 1. The van der Waals surface area contributed by atoms with Crippen molar-refractivity contribution in [3.05, 3.63) is 0 Å². The lowest BCUT2D eigenvalue weighted by molar-refractivity contribution is -0.128. The van der Waals surface area contributed by atoms with E-state index in [4.69, 9.17) is 6.42 Å². The van der Waals surface area contributed by atoms with Gasteiger partial charge in [-0.05, 0) is 13.0 Å². The predicted octanol–water partition coefficient (Wildman–Crippen LogP) is 0.458. The highest BCUT2D eigenvalue weighted by atomic mass is 16.2. The number of nitrogens with one attached hydrogen (secondary N) is 1. The van der Waals surface area contributed by atoms with Crippen LogP contribution in [0, 0.1) is 12.3 Å². The Morgan fingerprint density at radius 2 is 2.14 bits per heavy atom. The van der Waals surface area contributed by atoms with Gasteiger partial charge in [-0.25, -0.2) is 0 Å². The third-order valence-corrected chi connectivity index (χ3v) is 4.67. The van der Waals surface area contributed by atoms with Crippen LogP contribution in [0.5, 0.6) is 0 Å². The van der Waals surface area contributed by atoms with Crippen molar-refractivity contribution in [1.29, 1.82) is 0 Å². The fraction of sp³-hybridized carbons (Fsp3) is 0.800. The van der Waals surface area contributed by atoms with Crippen molar-refractivity contribution in [2.75, 3.05) is 39.3 Å². The summed E-state index contributed by atoms with van der Waals surface area (Å²) in [6.45, 7) is 5.74. The molecule has 0 saturated carbocycles. The normalized spacial score (nSPS) is 32.2. The van der Waals surface area contributed by atoms with Crippen molar-refractivity contribution < 1.29 is 4.79 Å².